The second-order valence-corrected chi connectivity index (χ2v) is 5.04. The van der Waals surface area contributed by atoms with Crippen LogP contribution < -0.4 is 11.1 Å². The van der Waals surface area contributed by atoms with Gasteiger partial charge in [-0.3, -0.25) is 9.69 Å². The average Bonchev–Trinajstić information content (AvgIpc) is 2.35. The molecule has 0 bridgehead atoms. The minimum atomic E-state index is 0.0814. The predicted molar refractivity (Wildman–Crippen MR) is 80.0 cm³/mol. The van der Waals surface area contributed by atoms with Crippen LogP contribution >= 0.6 is 0 Å². The molecule has 1 amide bonds. The molecule has 0 spiro atoms. The quantitative estimate of drug-likeness (QED) is 0.736. The van der Waals surface area contributed by atoms with Crippen molar-refractivity contribution < 1.29 is 4.79 Å². The zero-order valence-corrected chi connectivity index (χ0v) is 12.1. The number of anilines is 1. The fourth-order valence-corrected chi connectivity index (χ4v) is 1.96. The molecule has 0 aliphatic rings. The molecule has 0 saturated carbocycles. The first-order chi connectivity index (χ1) is 9.02. The van der Waals surface area contributed by atoms with Crippen molar-refractivity contribution in [3.63, 3.8) is 0 Å². The van der Waals surface area contributed by atoms with Crippen molar-refractivity contribution in [1.82, 2.24) is 10.2 Å². The highest BCUT2D eigenvalue weighted by atomic mass is 16.2. The molecular weight excluding hydrogens is 238 g/mol. The van der Waals surface area contributed by atoms with E-state index >= 15 is 0 Å². The standard InChI is InChI=1S/C15H25N3O/c1-4-18(11-15(19)17-12(2)3)10-9-13-7-5-6-8-14(13)16/h5-8,12H,4,9-11,16H2,1-3H3,(H,17,19). The van der Waals surface area contributed by atoms with E-state index in [1.54, 1.807) is 0 Å². The maximum atomic E-state index is 11.7. The van der Waals surface area contributed by atoms with Gasteiger partial charge in [0.15, 0.2) is 0 Å². The lowest BCUT2D eigenvalue weighted by Gasteiger charge is -2.21. The largest absolute Gasteiger partial charge is 0.399 e. The molecule has 1 rings (SSSR count). The van der Waals surface area contributed by atoms with Gasteiger partial charge in [0, 0.05) is 18.3 Å². The minimum Gasteiger partial charge on any atom is -0.399 e. The Bertz CT molecular complexity index is 404. The number of para-hydroxylation sites is 1. The third-order valence-electron chi connectivity index (χ3n) is 3.02. The second-order valence-electron chi connectivity index (χ2n) is 5.04. The van der Waals surface area contributed by atoms with Gasteiger partial charge in [0.2, 0.25) is 5.91 Å². The van der Waals surface area contributed by atoms with Gasteiger partial charge in [-0.15, -0.1) is 0 Å². The third kappa shape index (κ3) is 5.75. The van der Waals surface area contributed by atoms with Gasteiger partial charge in [0.05, 0.1) is 6.54 Å². The number of benzene rings is 1. The Balaban J connectivity index is 2.45. The van der Waals surface area contributed by atoms with Gasteiger partial charge >= 0.3 is 0 Å². The molecule has 0 aromatic heterocycles. The highest BCUT2D eigenvalue weighted by Crippen LogP contribution is 2.11. The Kier molecular flexibility index (Phi) is 6.36. The number of nitrogens with one attached hydrogen (secondary N) is 1. The Morgan fingerprint density at radius 1 is 1.37 bits per heavy atom. The monoisotopic (exact) mass is 263 g/mol. The molecule has 0 heterocycles. The number of nitrogens with two attached hydrogens (primary N) is 1. The SMILES string of the molecule is CCN(CCc1ccccc1N)CC(=O)NC(C)C. The summed E-state index contributed by atoms with van der Waals surface area (Å²) in [5.41, 5.74) is 7.89. The Morgan fingerprint density at radius 2 is 2.05 bits per heavy atom. The van der Waals surface area contributed by atoms with Crippen LogP contribution in [0, 0.1) is 0 Å². The number of carbonyl (C=O) groups excluding carboxylic acids is 1. The van der Waals surface area contributed by atoms with Crippen LogP contribution in [0.2, 0.25) is 0 Å². The number of nitrogen functional groups attached to an aromatic ring is 1. The predicted octanol–water partition coefficient (Wildman–Crippen LogP) is 1.66. The highest BCUT2D eigenvalue weighted by Gasteiger charge is 2.10. The molecule has 4 heteroatoms. The van der Waals surface area contributed by atoms with Crippen molar-refractivity contribution in [2.24, 2.45) is 0 Å². The average molecular weight is 263 g/mol. The van der Waals surface area contributed by atoms with E-state index in [0.29, 0.717) is 6.54 Å². The Morgan fingerprint density at radius 3 is 2.63 bits per heavy atom. The summed E-state index contributed by atoms with van der Waals surface area (Å²) in [6.07, 6.45) is 0.871. The molecule has 1 aromatic rings. The fourth-order valence-electron chi connectivity index (χ4n) is 1.96. The molecule has 0 saturated heterocycles. The first-order valence-electron chi connectivity index (χ1n) is 6.88. The van der Waals surface area contributed by atoms with E-state index in [-0.39, 0.29) is 11.9 Å². The summed E-state index contributed by atoms with van der Waals surface area (Å²) in [4.78, 5) is 13.9. The van der Waals surface area contributed by atoms with Crippen molar-refractivity contribution in [2.75, 3.05) is 25.4 Å². The molecule has 0 aliphatic heterocycles. The maximum Gasteiger partial charge on any atom is 0.234 e. The van der Waals surface area contributed by atoms with E-state index in [2.05, 4.69) is 17.1 Å². The van der Waals surface area contributed by atoms with Crippen LogP contribution in [0.5, 0.6) is 0 Å². The van der Waals surface area contributed by atoms with Gasteiger partial charge in [-0.25, -0.2) is 0 Å². The third-order valence-corrected chi connectivity index (χ3v) is 3.02. The van der Waals surface area contributed by atoms with Crippen LogP contribution in [-0.2, 0) is 11.2 Å². The molecule has 0 radical (unpaired) electrons. The number of nitrogens with zero attached hydrogens (tertiary/aromatic N) is 1. The van der Waals surface area contributed by atoms with Crippen molar-refractivity contribution in [3.8, 4) is 0 Å². The van der Waals surface area contributed by atoms with E-state index in [1.807, 2.05) is 38.1 Å². The normalized spacial score (nSPS) is 11.0. The number of hydrogen-bond acceptors (Lipinski definition) is 3. The van der Waals surface area contributed by atoms with E-state index in [1.165, 1.54) is 0 Å². The van der Waals surface area contributed by atoms with E-state index in [0.717, 1.165) is 30.8 Å². The number of amides is 1. The first kappa shape index (κ1) is 15.5. The van der Waals surface area contributed by atoms with Crippen LogP contribution in [-0.4, -0.2) is 36.5 Å². The zero-order valence-electron chi connectivity index (χ0n) is 12.1. The van der Waals surface area contributed by atoms with Crippen molar-refractivity contribution in [2.45, 2.75) is 33.2 Å². The Hall–Kier alpha value is -1.55. The minimum absolute atomic E-state index is 0.0814. The van der Waals surface area contributed by atoms with E-state index < -0.39 is 0 Å². The molecule has 3 N–H and O–H groups in total. The molecular formula is C15H25N3O. The number of rotatable bonds is 7. The lowest BCUT2D eigenvalue weighted by molar-refractivity contribution is -0.122. The maximum absolute atomic E-state index is 11.7. The highest BCUT2D eigenvalue weighted by molar-refractivity contribution is 5.78. The first-order valence-corrected chi connectivity index (χ1v) is 6.88. The number of hydrogen-bond donors (Lipinski definition) is 2. The molecule has 4 nitrogen and oxygen atoms in total. The van der Waals surface area contributed by atoms with E-state index in [9.17, 15) is 4.79 Å². The van der Waals surface area contributed by atoms with Crippen LogP contribution in [0.4, 0.5) is 5.69 Å². The number of carbonyl (C=O) groups is 1. The summed E-state index contributed by atoms with van der Waals surface area (Å²) in [7, 11) is 0. The van der Waals surface area contributed by atoms with Gasteiger partial charge < -0.3 is 11.1 Å². The van der Waals surface area contributed by atoms with Crippen LogP contribution in [0.3, 0.4) is 0 Å². The molecule has 0 fully saturated rings. The lowest BCUT2D eigenvalue weighted by Crippen LogP contribution is -2.40. The van der Waals surface area contributed by atoms with Crippen LogP contribution in [0.25, 0.3) is 0 Å². The summed E-state index contributed by atoms with van der Waals surface area (Å²) >= 11 is 0. The fraction of sp³-hybridized carbons (Fsp3) is 0.533. The summed E-state index contributed by atoms with van der Waals surface area (Å²) in [5, 5.41) is 2.91. The molecule has 19 heavy (non-hydrogen) atoms. The molecule has 1 aromatic carbocycles. The lowest BCUT2D eigenvalue weighted by atomic mass is 10.1. The van der Waals surface area contributed by atoms with Crippen molar-refractivity contribution in [1.29, 1.82) is 0 Å². The van der Waals surface area contributed by atoms with Gasteiger partial charge in [0.1, 0.15) is 0 Å². The number of likely N-dealkylation sites (N-methyl/N-ethyl adjacent to an activating group) is 1. The molecule has 106 valence electrons. The van der Waals surface area contributed by atoms with E-state index in [4.69, 9.17) is 5.73 Å². The van der Waals surface area contributed by atoms with Crippen molar-refractivity contribution in [3.05, 3.63) is 29.8 Å². The van der Waals surface area contributed by atoms with Crippen LogP contribution in [0.1, 0.15) is 26.3 Å². The summed E-state index contributed by atoms with van der Waals surface area (Å²) < 4.78 is 0. The summed E-state index contributed by atoms with van der Waals surface area (Å²) in [6.45, 7) is 8.16. The topological polar surface area (TPSA) is 58.4 Å². The van der Waals surface area contributed by atoms with Gasteiger partial charge in [0.25, 0.3) is 0 Å². The van der Waals surface area contributed by atoms with Gasteiger partial charge in [-0.05, 0) is 38.4 Å². The second kappa shape index (κ2) is 7.79. The molecule has 0 aliphatic carbocycles. The van der Waals surface area contributed by atoms with Crippen molar-refractivity contribution >= 4 is 11.6 Å². The smallest absolute Gasteiger partial charge is 0.234 e. The van der Waals surface area contributed by atoms with Gasteiger partial charge in [-0.2, -0.15) is 0 Å². The summed E-state index contributed by atoms with van der Waals surface area (Å²) in [6, 6.07) is 8.07. The zero-order chi connectivity index (χ0) is 14.3. The van der Waals surface area contributed by atoms with Gasteiger partial charge in [-0.1, -0.05) is 25.1 Å². The van der Waals surface area contributed by atoms with Crippen LogP contribution in [0.15, 0.2) is 24.3 Å². The Labute approximate surface area is 116 Å². The summed E-state index contributed by atoms with van der Waals surface area (Å²) in [5.74, 6) is 0.0814. The molecule has 0 atom stereocenters. The molecule has 0 unspecified atom stereocenters.